The summed E-state index contributed by atoms with van der Waals surface area (Å²) in [5, 5.41) is 0. The summed E-state index contributed by atoms with van der Waals surface area (Å²) in [7, 11) is 3.71. The second kappa shape index (κ2) is 6.76. The first-order valence-corrected chi connectivity index (χ1v) is 9.81. The van der Waals surface area contributed by atoms with Crippen LogP contribution in [0.25, 0.3) is 0 Å². The summed E-state index contributed by atoms with van der Waals surface area (Å²) in [5.41, 5.74) is 0.556. The third-order valence-corrected chi connectivity index (χ3v) is 8.03. The molecule has 0 aliphatic heterocycles. The summed E-state index contributed by atoms with van der Waals surface area (Å²) in [6.45, 7) is 16.0. The topological polar surface area (TPSA) is 18.5 Å². The molecule has 0 bridgehead atoms. The summed E-state index contributed by atoms with van der Waals surface area (Å²) < 4.78 is 11.9. The van der Waals surface area contributed by atoms with Crippen LogP contribution in [0.1, 0.15) is 79.6 Å². The number of hydrogen-bond donors (Lipinski definition) is 0. The Morgan fingerprint density at radius 3 is 2.33 bits per heavy atom. The standard InChI is InChI=1S/C22H40O2/c1-9-20(4,23-7)15-11-18-21(5)14-10-13-19(2,3)17(21)12-16-22(18,6)24-8/h9,17-18H,1,10-16H2,2-8H3/t17-,18+,20-,21-,22+/m0/s1. The molecule has 2 heteroatoms. The van der Waals surface area contributed by atoms with Gasteiger partial charge in [-0.25, -0.2) is 0 Å². The van der Waals surface area contributed by atoms with Gasteiger partial charge in [0.15, 0.2) is 0 Å². The SMILES string of the molecule is C=C[C@@](C)(CC[C@@H]1[C@@]2(C)CCCC(C)(C)[C@@H]2CC[C@@]1(C)OC)OC. The normalized spacial score (nSPS) is 41.3. The van der Waals surface area contributed by atoms with Crippen LogP contribution in [0.4, 0.5) is 0 Å². The smallest absolute Gasteiger partial charge is 0.0828 e. The lowest BCUT2D eigenvalue weighted by molar-refractivity contribution is -0.184. The Bertz CT molecular complexity index is 457. The fraction of sp³-hybridized carbons (Fsp3) is 0.909. The predicted octanol–water partition coefficient (Wildman–Crippen LogP) is 6.01. The molecule has 0 saturated heterocycles. The van der Waals surface area contributed by atoms with E-state index in [-0.39, 0.29) is 11.2 Å². The minimum absolute atomic E-state index is 0.0194. The molecule has 0 spiro atoms. The Morgan fingerprint density at radius 2 is 1.79 bits per heavy atom. The zero-order chi connectivity index (χ0) is 18.2. The van der Waals surface area contributed by atoms with Crippen molar-refractivity contribution in [3.8, 4) is 0 Å². The first-order valence-electron chi connectivity index (χ1n) is 9.81. The van der Waals surface area contributed by atoms with Crippen LogP contribution < -0.4 is 0 Å². The Balaban J connectivity index is 2.32. The largest absolute Gasteiger partial charge is 0.378 e. The molecule has 0 aromatic rings. The van der Waals surface area contributed by atoms with Crippen LogP contribution in [0.15, 0.2) is 12.7 Å². The second-order valence-electron chi connectivity index (χ2n) is 9.77. The summed E-state index contributed by atoms with van der Waals surface area (Å²) in [6.07, 6.45) is 10.6. The first kappa shape index (κ1) is 20.0. The van der Waals surface area contributed by atoms with Gasteiger partial charge in [0.2, 0.25) is 0 Å². The molecule has 2 fully saturated rings. The Labute approximate surface area is 150 Å². The van der Waals surface area contributed by atoms with E-state index >= 15 is 0 Å². The van der Waals surface area contributed by atoms with E-state index in [0.29, 0.717) is 16.7 Å². The fourth-order valence-electron chi connectivity index (χ4n) is 6.20. The lowest BCUT2D eigenvalue weighted by Gasteiger charge is -2.62. The van der Waals surface area contributed by atoms with Crippen LogP contribution in [0.3, 0.4) is 0 Å². The second-order valence-corrected chi connectivity index (χ2v) is 9.77. The maximum absolute atomic E-state index is 6.14. The molecule has 2 rings (SSSR count). The van der Waals surface area contributed by atoms with Crippen molar-refractivity contribution in [3.63, 3.8) is 0 Å². The highest BCUT2D eigenvalue weighted by molar-refractivity contribution is 5.08. The molecule has 0 heterocycles. The van der Waals surface area contributed by atoms with E-state index in [1.165, 1.54) is 32.1 Å². The van der Waals surface area contributed by atoms with Crippen molar-refractivity contribution in [2.24, 2.45) is 22.7 Å². The van der Waals surface area contributed by atoms with Gasteiger partial charge in [-0.2, -0.15) is 0 Å². The Hall–Kier alpha value is -0.340. The van der Waals surface area contributed by atoms with Gasteiger partial charge in [-0.1, -0.05) is 33.3 Å². The van der Waals surface area contributed by atoms with E-state index in [4.69, 9.17) is 9.47 Å². The molecule has 0 amide bonds. The highest BCUT2D eigenvalue weighted by atomic mass is 16.5. The van der Waals surface area contributed by atoms with Crippen molar-refractivity contribution < 1.29 is 9.47 Å². The monoisotopic (exact) mass is 336 g/mol. The summed E-state index contributed by atoms with van der Waals surface area (Å²) in [4.78, 5) is 0. The van der Waals surface area contributed by atoms with E-state index in [1.807, 2.05) is 13.2 Å². The van der Waals surface area contributed by atoms with Gasteiger partial charge in [-0.3, -0.25) is 0 Å². The number of fused-ring (bicyclic) bond motifs is 1. The third-order valence-electron chi connectivity index (χ3n) is 8.03. The number of methoxy groups -OCH3 is 2. The third kappa shape index (κ3) is 3.33. The molecule has 140 valence electrons. The summed E-state index contributed by atoms with van der Waals surface area (Å²) in [6, 6.07) is 0. The molecule has 2 aliphatic rings. The van der Waals surface area contributed by atoms with Crippen molar-refractivity contribution in [1.29, 1.82) is 0 Å². The number of rotatable bonds is 6. The van der Waals surface area contributed by atoms with Crippen LogP contribution >= 0.6 is 0 Å². The molecule has 2 saturated carbocycles. The molecule has 2 nitrogen and oxygen atoms in total. The van der Waals surface area contributed by atoms with E-state index < -0.39 is 0 Å². The maximum Gasteiger partial charge on any atom is 0.0828 e. The molecular formula is C22H40O2. The molecule has 5 atom stereocenters. The molecule has 0 unspecified atom stereocenters. The zero-order valence-corrected chi connectivity index (χ0v) is 17.2. The lowest BCUT2D eigenvalue weighted by Crippen LogP contribution is -2.58. The van der Waals surface area contributed by atoms with Crippen molar-refractivity contribution in [1.82, 2.24) is 0 Å². The lowest BCUT2D eigenvalue weighted by atomic mass is 9.45. The highest BCUT2D eigenvalue weighted by Crippen LogP contribution is 2.63. The number of ether oxygens (including phenoxy) is 2. The maximum atomic E-state index is 6.14. The van der Waals surface area contributed by atoms with Crippen molar-refractivity contribution in [2.75, 3.05) is 14.2 Å². The van der Waals surface area contributed by atoms with Crippen LogP contribution in [-0.2, 0) is 9.47 Å². The van der Waals surface area contributed by atoms with Crippen molar-refractivity contribution >= 4 is 0 Å². The van der Waals surface area contributed by atoms with Gasteiger partial charge in [0.25, 0.3) is 0 Å². The van der Waals surface area contributed by atoms with Crippen LogP contribution in [0, 0.1) is 22.7 Å². The van der Waals surface area contributed by atoms with Gasteiger partial charge >= 0.3 is 0 Å². The molecule has 0 N–H and O–H groups in total. The van der Waals surface area contributed by atoms with E-state index in [0.717, 1.165) is 18.8 Å². The van der Waals surface area contributed by atoms with Gasteiger partial charge in [-0.05, 0) is 75.0 Å². The number of hydrogen-bond acceptors (Lipinski definition) is 2. The van der Waals surface area contributed by atoms with Gasteiger partial charge in [0, 0.05) is 14.2 Å². The van der Waals surface area contributed by atoms with Gasteiger partial charge in [0.05, 0.1) is 11.2 Å². The Kier molecular flexibility index (Phi) is 5.63. The van der Waals surface area contributed by atoms with Gasteiger partial charge in [0.1, 0.15) is 0 Å². The molecular weight excluding hydrogens is 296 g/mol. The molecule has 0 radical (unpaired) electrons. The first-order chi connectivity index (χ1) is 11.1. The molecule has 0 aromatic carbocycles. The van der Waals surface area contributed by atoms with Crippen molar-refractivity contribution in [3.05, 3.63) is 12.7 Å². The van der Waals surface area contributed by atoms with Crippen LogP contribution in [0.5, 0.6) is 0 Å². The van der Waals surface area contributed by atoms with Gasteiger partial charge < -0.3 is 9.47 Å². The summed E-state index contributed by atoms with van der Waals surface area (Å²) >= 11 is 0. The average molecular weight is 337 g/mol. The highest BCUT2D eigenvalue weighted by Gasteiger charge is 2.58. The molecule has 24 heavy (non-hydrogen) atoms. The van der Waals surface area contributed by atoms with Crippen molar-refractivity contribution in [2.45, 2.75) is 90.8 Å². The van der Waals surface area contributed by atoms with E-state index in [9.17, 15) is 0 Å². The van der Waals surface area contributed by atoms with Crippen LogP contribution in [0.2, 0.25) is 0 Å². The van der Waals surface area contributed by atoms with E-state index in [2.05, 4.69) is 41.2 Å². The molecule has 2 aliphatic carbocycles. The quantitative estimate of drug-likeness (QED) is 0.553. The predicted molar refractivity (Wildman–Crippen MR) is 102 cm³/mol. The van der Waals surface area contributed by atoms with E-state index in [1.54, 1.807) is 7.11 Å². The fourth-order valence-corrected chi connectivity index (χ4v) is 6.20. The average Bonchev–Trinajstić information content (AvgIpc) is 2.53. The minimum Gasteiger partial charge on any atom is -0.378 e. The van der Waals surface area contributed by atoms with Gasteiger partial charge in [-0.15, -0.1) is 6.58 Å². The Morgan fingerprint density at radius 1 is 1.12 bits per heavy atom. The van der Waals surface area contributed by atoms with Crippen LogP contribution in [-0.4, -0.2) is 25.4 Å². The molecule has 0 aromatic heterocycles. The summed E-state index contributed by atoms with van der Waals surface area (Å²) in [5.74, 6) is 1.37. The minimum atomic E-state index is -0.234. The zero-order valence-electron chi connectivity index (χ0n) is 17.2.